The van der Waals surface area contributed by atoms with Gasteiger partial charge in [0.2, 0.25) is 5.11 Å². The lowest BCUT2D eigenvalue weighted by Crippen LogP contribution is -2.82. The Labute approximate surface area is 98.8 Å². The minimum absolute atomic E-state index is 0.145. The van der Waals surface area contributed by atoms with Crippen molar-refractivity contribution in [2.75, 3.05) is 6.54 Å². The quantitative estimate of drug-likeness (QED) is 0.203. The third kappa shape index (κ3) is 3.74. The molecule has 0 atom stereocenters. The molecule has 0 unspecified atom stereocenters. The molecule has 86 valence electrons. The van der Waals surface area contributed by atoms with Crippen LogP contribution in [0, 0.1) is 0 Å². The molecule has 0 aliphatic carbocycles. The molecule has 0 spiro atoms. The highest BCUT2D eigenvalue weighted by molar-refractivity contribution is 7.80. The minimum atomic E-state index is -0.162. The second kappa shape index (κ2) is 5.92. The van der Waals surface area contributed by atoms with Crippen LogP contribution in [0.3, 0.4) is 0 Å². The lowest BCUT2D eigenvalue weighted by atomic mass is 10.2. The Hall–Kier alpha value is -1.82. The van der Waals surface area contributed by atoms with Gasteiger partial charge < -0.3 is 15.5 Å². The summed E-state index contributed by atoms with van der Waals surface area (Å²) in [6.45, 7) is 2.68. The molecule has 5 N–H and O–H groups in total. The molecule has 0 bridgehead atoms. The molecule has 1 aromatic rings. The lowest BCUT2D eigenvalue weighted by Gasteiger charge is -1.99. The van der Waals surface area contributed by atoms with Crippen LogP contribution in [0.15, 0.2) is 18.2 Å². The number of aromatic hydroxyl groups is 2. The maximum Gasteiger partial charge on any atom is 0.223 e. The number of hydrazine groups is 1. The number of hydrazone groups is 1. The van der Waals surface area contributed by atoms with E-state index >= 15 is 0 Å². The van der Waals surface area contributed by atoms with Crippen molar-refractivity contribution in [2.45, 2.75) is 6.92 Å². The number of thiocarbonyl (C=S) groups is 1. The predicted octanol–water partition coefficient (Wildman–Crippen LogP) is -1.00. The van der Waals surface area contributed by atoms with E-state index in [9.17, 15) is 5.11 Å². The third-order valence-corrected chi connectivity index (χ3v) is 2.01. The van der Waals surface area contributed by atoms with Crippen LogP contribution in [0.1, 0.15) is 12.5 Å². The summed E-state index contributed by atoms with van der Waals surface area (Å²) in [5.74, 6) is -0.307. The van der Waals surface area contributed by atoms with Crippen molar-refractivity contribution in [1.82, 2.24) is 10.7 Å². The van der Waals surface area contributed by atoms with Crippen molar-refractivity contribution in [3.05, 3.63) is 23.8 Å². The molecule has 0 aromatic heterocycles. The van der Waals surface area contributed by atoms with Crippen LogP contribution in [0.2, 0.25) is 0 Å². The summed E-state index contributed by atoms with van der Waals surface area (Å²) in [7, 11) is 0. The Morgan fingerprint density at radius 1 is 1.44 bits per heavy atom. The topological polar surface area (TPSA) is 78.5 Å². The maximum atomic E-state index is 9.24. The Kier molecular flexibility index (Phi) is 4.53. The molecule has 0 heterocycles. The van der Waals surface area contributed by atoms with Gasteiger partial charge in [-0.15, -0.1) is 10.5 Å². The van der Waals surface area contributed by atoms with Crippen LogP contribution in [0.4, 0.5) is 0 Å². The summed E-state index contributed by atoms with van der Waals surface area (Å²) >= 11 is 4.92. The van der Waals surface area contributed by atoms with Gasteiger partial charge in [0.25, 0.3) is 0 Å². The van der Waals surface area contributed by atoms with Gasteiger partial charge in [0.05, 0.1) is 0 Å². The maximum absolute atomic E-state index is 9.24. The van der Waals surface area contributed by atoms with E-state index in [0.717, 1.165) is 6.54 Å². The van der Waals surface area contributed by atoms with Gasteiger partial charge in [0.1, 0.15) is 0 Å². The lowest BCUT2D eigenvalue weighted by molar-refractivity contribution is -0.500. The summed E-state index contributed by atoms with van der Waals surface area (Å²) in [6.07, 6.45) is 1.61. The average molecular weight is 240 g/mol. The summed E-state index contributed by atoms with van der Waals surface area (Å²) in [6, 6.07) is 4.49. The molecule has 0 aliphatic heterocycles. The van der Waals surface area contributed by atoms with Crippen LogP contribution in [0.25, 0.3) is 0 Å². The average Bonchev–Trinajstić information content (AvgIpc) is 2.24. The number of phenols is 2. The molecular formula is C10H14N3O2S+. The number of phenolic OH excluding ortho intramolecular Hbond substituents is 2. The summed E-state index contributed by atoms with van der Waals surface area (Å²) in [4.78, 5) is 0. The zero-order chi connectivity index (χ0) is 12.0. The van der Waals surface area contributed by atoms with Crippen molar-refractivity contribution in [3.63, 3.8) is 0 Å². The molecule has 0 saturated heterocycles. The van der Waals surface area contributed by atoms with Gasteiger partial charge in [-0.25, -0.2) is 0 Å². The van der Waals surface area contributed by atoms with Crippen LogP contribution < -0.4 is 15.8 Å². The summed E-state index contributed by atoms with van der Waals surface area (Å²) < 4.78 is 0. The highest BCUT2D eigenvalue weighted by Gasteiger charge is 2.00. The monoisotopic (exact) mass is 240 g/mol. The molecule has 0 amide bonds. The first-order valence-electron chi connectivity index (χ1n) is 4.78. The van der Waals surface area contributed by atoms with Crippen molar-refractivity contribution < 1.29 is 15.3 Å². The Morgan fingerprint density at radius 2 is 2.19 bits per heavy atom. The smallest absolute Gasteiger partial charge is 0.223 e. The predicted molar refractivity (Wildman–Crippen MR) is 65.3 cm³/mol. The minimum Gasteiger partial charge on any atom is -0.504 e. The standard InChI is InChI=1S/C10H13N3O2S/c1-2-11-10(16)13-12-6-7-3-4-8(14)9(15)5-7/h3-6,14-15H,2H2,1H3,(H2,11,13,16)/p+1/b12-6+. The fourth-order valence-electron chi connectivity index (χ4n) is 1.02. The van der Waals surface area contributed by atoms with Crippen LogP contribution in [0.5, 0.6) is 11.5 Å². The summed E-state index contributed by atoms with van der Waals surface area (Å²) in [5.41, 5.74) is 3.45. The largest absolute Gasteiger partial charge is 0.504 e. The highest BCUT2D eigenvalue weighted by atomic mass is 32.1. The zero-order valence-corrected chi connectivity index (χ0v) is 9.64. The normalized spacial score (nSPS) is 10.3. The molecule has 1 aromatic carbocycles. The van der Waals surface area contributed by atoms with Crippen LogP contribution >= 0.6 is 12.2 Å². The van der Waals surface area contributed by atoms with E-state index in [1.807, 2.05) is 6.92 Å². The molecule has 6 heteroatoms. The molecule has 0 saturated carbocycles. The van der Waals surface area contributed by atoms with E-state index < -0.39 is 0 Å². The zero-order valence-electron chi connectivity index (χ0n) is 8.82. The van der Waals surface area contributed by atoms with E-state index in [4.69, 9.17) is 17.3 Å². The molecule has 0 aliphatic rings. The molecular weight excluding hydrogens is 226 g/mol. The Bertz CT molecular complexity index is 407. The summed E-state index contributed by atoms with van der Waals surface area (Å²) in [5, 5.41) is 24.5. The first kappa shape index (κ1) is 12.3. The highest BCUT2D eigenvalue weighted by Crippen LogP contribution is 2.23. The van der Waals surface area contributed by atoms with Gasteiger partial charge in [-0.05, 0) is 37.3 Å². The first-order valence-corrected chi connectivity index (χ1v) is 5.19. The second-order valence-electron chi connectivity index (χ2n) is 3.02. The molecule has 5 nitrogen and oxygen atoms in total. The second-order valence-corrected chi connectivity index (χ2v) is 3.43. The first-order chi connectivity index (χ1) is 7.63. The third-order valence-electron chi connectivity index (χ3n) is 1.76. The molecule has 0 radical (unpaired) electrons. The van der Waals surface area contributed by atoms with Crippen molar-refractivity contribution in [1.29, 1.82) is 0 Å². The number of rotatable bonds is 3. The van der Waals surface area contributed by atoms with Gasteiger partial charge in [-0.1, -0.05) is 0 Å². The van der Waals surface area contributed by atoms with Crippen molar-refractivity contribution >= 4 is 23.5 Å². The van der Waals surface area contributed by atoms with Gasteiger partial charge in [0, 0.05) is 12.1 Å². The van der Waals surface area contributed by atoms with Crippen molar-refractivity contribution in [3.8, 4) is 11.5 Å². The van der Waals surface area contributed by atoms with Gasteiger partial charge >= 0.3 is 0 Å². The molecule has 1 rings (SSSR count). The SMILES string of the molecule is CCNC(=S)N/[NH+]=C/c1ccc(O)c(O)c1. The van der Waals surface area contributed by atoms with Gasteiger partial charge in [-0.2, -0.15) is 0 Å². The number of hydrogen-bond acceptors (Lipinski definition) is 3. The van der Waals surface area contributed by atoms with E-state index in [2.05, 4.69) is 15.8 Å². The number of benzene rings is 1. The molecule has 16 heavy (non-hydrogen) atoms. The Morgan fingerprint density at radius 3 is 2.81 bits per heavy atom. The molecule has 0 fully saturated rings. The van der Waals surface area contributed by atoms with Gasteiger partial charge in [0.15, 0.2) is 17.7 Å². The van der Waals surface area contributed by atoms with E-state index in [1.165, 1.54) is 12.1 Å². The number of nitrogens with one attached hydrogen (secondary N) is 3. The van der Waals surface area contributed by atoms with Crippen LogP contribution in [-0.2, 0) is 0 Å². The van der Waals surface area contributed by atoms with E-state index in [1.54, 1.807) is 12.3 Å². The van der Waals surface area contributed by atoms with Crippen LogP contribution in [-0.4, -0.2) is 28.1 Å². The fraction of sp³-hybridized carbons (Fsp3) is 0.200. The Balaban J connectivity index is 2.56. The fourth-order valence-corrected chi connectivity index (χ4v) is 1.22. The van der Waals surface area contributed by atoms with E-state index in [-0.39, 0.29) is 11.5 Å². The van der Waals surface area contributed by atoms with Gasteiger partial charge in [-0.3, -0.25) is 0 Å². The van der Waals surface area contributed by atoms with Crippen molar-refractivity contribution in [2.24, 2.45) is 0 Å². The van der Waals surface area contributed by atoms with E-state index in [0.29, 0.717) is 10.7 Å². The number of hydrogen-bond donors (Lipinski definition) is 5.